The Morgan fingerprint density at radius 2 is 1.72 bits per heavy atom. The topological polar surface area (TPSA) is 35.5 Å². The second kappa shape index (κ2) is 5.86. The molecule has 18 heavy (non-hydrogen) atoms. The van der Waals surface area contributed by atoms with Gasteiger partial charge < -0.3 is 4.74 Å². The summed E-state index contributed by atoms with van der Waals surface area (Å²) < 4.78 is 44.0. The number of aldehydes is 1. The molecule has 0 spiro atoms. The molecule has 1 aromatic rings. The van der Waals surface area contributed by atoms with E-state index in [9.17, 15) is 18.0 Å². The van der Waals surface area contributed by atoms with E-state index in [2.05, 4.69) is 4.74 Å². The van der Waals surface area contributed by atoms with Crippen LogP contribution >= 0.6 is 0 Å². The molecule has 0 saturated heterocycles. The van der Waals surface area contributed by atoms with Crippen molar-refractivity contribution in [3.8, 4) is 5.75 Å². The molecule has 0 aliphatic heterocycles. The van der Waals surface area contributed by atoms with Gasteiger partial charge in [-0.25, -0.2) is 0 Å². The number of carbonyl (C=O) groups is 1. The summed E-state index contributed by atoms with van der Waals surface area (Å²) in [4.78, 5) is 10.6. The SMILES string of the molecule is Cc1cc(C=O)cc(C)c1OCCOC(F)(F)F. The number of hydrogen-bond donors (Lipinski definition) is 0. The highest BCUT2D eigenvalue weighted by molar-refractivity contribution is 5.76. The number of alkyl halides is 3. The van der Waals surface area contributed by atoms with Gasteiger partial charge >= 0.3 is 6.36 Å². The Morgan fingerprint density at radius 1 is 1.17 bits per heavy atom. The van der Waals surface area contributed by atoms with E-state index >= 15 is 0 Å². The van der Waals surface area contributed by atoms with Crippen LogP contribution in [-0.4, -0.2) is 25.9 Å². The van der Waals surface area contributed by atoms with Gasteiger partial charge in [0, 0.05) is 5.56 Å². The summed E-state index contributed by atoms with van der Waals surface area (Å²) in [6.45, 7) is 2.67. The fourth-order valence-corrected chi connectivity index (χ4v) is 1.58. The van der Waals surface area contributed by atoms with E-state index < -0.39 is 13.0 Å². The highest BCUT2D eigenvalue weighted by Gasteiger charge is 2.28. The Balaban J connectivity index is 2.60. The lowest BCUT2D eigenvalue weighted by molar-refractivity contribution is -0.325. The standard InChI is InChI=1S/C12H13F3O3/c1-8-5-10(7-16)6-9(2)11(8)17-3-4-18-12(13,14)15/h5-7H,3-4H2,1-2H3. The van der Waals surface area contributed by atoms with Crippen LogP contribution in [0, 0.1) is 13.8 Å². The Kier molecular flexibility index (Phi) is 4.72. The number of halogens is 3. The molecule has 0 aliphatic rings. The van der Waals surface area contributed by atoms with Gasteiger partial charge in [-0.3, -0.25) is 9.53 Å². The van der Waals surface area contributed by atoms with Crippen molar-refractivity contribution in [2.45, 2.75) is 20.2 Å². The number of rotatable bonds is 5. The molecule has 0 bridgehead atoms. The number of aryl methyl sites for hydroxylation is 2. The Morgan fingerprint density at radius 3 is 2.17 bits per heavy atom. The number of hydrogen-bond acceptors (Lipinski definition) is 3. The van der Waals surface area contributed by atoms with Gasteiger partial charge in [0.1, 0.15) is 18.6 Å². The molecule has 0 radical (unpaired) electrons. The van der Waals surface area contributed by atoms with E-state index in [1.165, 1.54) is 0 Å². The van der Waals surface area contributed by atoms with Crippen LogP contribution in [0.3, 0.4) is 0 Å². The molecular weight excluding hydrogens is 249 g/mol. The molecule has 0 aliphatic carbocycles. The van der Waals surface area contributed by atoms with Crippen LogP contribution in [0.4, 0.5) is 13.2 Å². The molecule has 0 aromatic heterocycles. The molecule has 0 unspecified atom stereocenters. The minimum absolute atomic E-state index is 0.207. The molecule has 100 valence electrons. The van der Waals surface area contributed by atoms with Crippen LogP contribution in [-0.2, 0) is 4.74 Å². The van der Waals surface area contributed by atoms with Gasteiger partial charge in [0.05, 0.1) is 6.61 Å². The van der Waals surface area contributed by atoms with E-state index in [0.29, 0.717) is 28.7 Å². The smallest absolute Gasteiger partial charge is 0.491 e. The van der Waals surface area contributed by atoms with E-state index in [1.54, 1.807) is 26.0 Å². The lowest BCUT2D eigenvalue weighted by Gasteiger charge is -2.13. The zero-order chi connectivity index (χ0) is 13.8. The fraction of sp³-hybridized carbons (Fsp3) is 0.417. The third kappa shape index (κ3) is 4.37. The average Bonchev–Trinajstić information content (AvgIpc) is 2.25. The Labute approximate surface area is 103 Å². The van der Waals surface area contributed by atoms with E-state index in [1.807, 2.05) is 0 Å². The minimum Gasteiger partial charge on any atom is -0.491 e. The molecule has 0 fully saturated rings. The first kappa shape index (κ1) is 14.5. The van der Waals surface area contributed by atoms with Crippen molar-refractivity contribution in [1.82, 2.24) is 0 Å². The lowest BCUT2D eigenvalue weighted by atomic mass is 10.1. The summed E-state index contributed by atoms with van der Waals surface area (Å²) in [6.07, 6.45) is -3.94. The van der Waals surface area contributed by atoms with E-state index in [4.69, 9.17) is 4.74 Å². The summed E-state index contributed by atoms with van der Waals surface area (Å²) in [5.41, 5.74) is 1.90. The predicted molar refractivity (Wildman–Crippen MR) is 58.8 cm³/mol. The summed E-state index contributed by atoms with van der Waals surface area (Å²) in [5, 5.41) is 0. The molecule has 1 aromatic carbocycles. The van der Waals surface area contributed by atoms with Gasteiger partial charge in [-0.1, -0.05) is 0 Å². The first-order chi connectivity index (χ1) is 8.33. The Hall–Kier alpha value is -1.56. The first-order valence-electron chi connectivity index (χ1n) is 5.23. The Bertz CT molecular complexity index is 404. The quantitative estimate of drug-likeness (QED) is 0.604. The zero-order valence-electron chi connectivity index (χ0n) is 10.0. The lowest BCUT2D eigenvalue weighted by Crippen LogP contribution is -2.18. The van der Waals surface area contributed by atoms with Gasteiger partial charge in [0.25, 0.3) is 0 Å². The molecule has 1 rings (SSSR count). The summed E-state index contributed by atoms with van der Waals surface area (Å²) >= 11 is 0. The number of ether oxygens (including phenoxy) is 2. The van der Waals surface area contributed by atoms with E-state index in [-0.39, 0.29) is 6.61 Å². The predicted octanol–water partition coefficient (Wildman–Crippen LogP) is 3.03. The van der Waals surface area contributed by atoms with Gasteiger partial charge in [-0.15, -0.1) is 13.2 Å². The normalized spacial score (nSPS) is 11.4. The summed E-state index contributed by atoms with van der Waals surface area (Å²) in [5.74, 6) is 0.478. The van der Waals surface area contributed by atoms with Crippen molar-refractivity contribution in [3.05, 3.63) is 28.8 Å². The van der Waals surface area contributed by atoms with Crippen molar-refractivity contribution >= 4 is 6.29 Å². The van der Waals surface area contributed by atoms with Crippen molar-refractivity contribution in [1.29, 1.82) is 0 Å². The monoisotopic (exact) mass is 262 g/mol. The number of benzene rings is 1. The van der Waals surface area contributed by atoms with Crippen LogP contribution in [0.5, 0.6) is 5.75 Å². The van der Waals surface area contributed by atoms with Crippen molar-refractivity contribution in [2.75, 3.05) is 13.2 Å². The third-order valence-corrected chi connectivity index (χ3v) is 2.21. The summed E-state index contributed by atoms with van der Waals surface area (Å²) in [6, 6.07) is 3.22. The van der Waals surface area contributed by atoms with Gasteiger partial charge in [0.2, 0.25) is 0 Å². The highest BCUT2D eigenvalue weighted by atomic mass is 19.4. The van der Waals surface area contributed by atoms with Crippen molar-refractivity contribution < 1.29 is 27.4 Å². The second-order valence-electron chi connectivity index (χ2n) is 3.74. The van der Waals surface area contributed by atoms with Gasteiger partial charge in [0.15, 0.2) is 0 Å². The van der Waals surface area contributed by atoms with Crippen LogP contribution < -0.4 is 4.74 Å². The van der Waals surface area contributed by atoms with Crippen molar-refractivity contribution in [2.24, 2.45) is 0 Å². The maximum atomic E-state index is 11.7. The number of carbonyl (C=O) groups excluding carboxylic acids is 1. The van der Waals surface area contributed by atoms with Crippen LogP contribution in [0.15, 0.2) is 12.1 Å². The fourth-order valence-electron chi connectivity index (χ4n) is 1.58. The highest BCUT2D eigenvalue weighted by Crippen LogP contribution is 2.24. The molecule has 6 heteroatoms. The largest absolute Gasteiger partial charge is 0.522 e. The van der Waals surface area contributed by atoms with Crippen LogP contribution in [0.2, 0.25) is 0 Å². The van der Waals surface area contributed by atoms with Gasteiger partial charge in [-0.2, -0.15) is 0 Å². The molecule has 0 amide bonds. The average molecular weight is 262 g/mol. The van der Waals surface area contributed by atoms with Gasteiger partial charge in [-0.05, 0) is 37.1 Å². The molecule has 0 N–H and O–H groups in total. The second-order valence-corrected chi connectivity index (χ2v) is 3.74. The molecule has 0 atom stereocenters. The van der Waals surface area contributed by atoms with Crippen LogP contribution in [0.25, 0.3) is 0 Å². The molecule has 3 nitrogen and oxygen atoms in total. The van der Waals surface area contributed by atoms with Crippen LogP contribution in [0.1, 0.15) is 21.5 Å². The maximum absolute atomic E-state index is 11.7. The minimum atomic E-state index is -4.64. The molecule has 0 saturated carbocycles. The molecular formula is C12H13F3O3. The van der Waals surface area contributed by atoms with E-state index in [0.717, 1.165) is 0 Å². The zero-order valence-corrected chi connectivity index (χ0v) is 10.0. The first-order valence-corrected chi connectivity index (χ1v) is 5.23. The van der Waals surface area contributed by atoms with Crippen molar-refractivity contribution in [3.63, 3.8) is 0 Å². The molecule has 0 heterocycles. The summed E-state index contributed by atoms with van der Waals surface area (Å²) in [7, 11) is 0. The third-order valence-electron chi connectivity index (χ3n) is 2.21. The maximum Gasteiger partial charge on any atom is 0.522 e.